The van der Waals surface area contributed by atoms with E-state index < -0.39 is 5.60 Å². The molecule has 0 unspecified atom stereocenters. The zero-order valence-electron chi connectivity index (χ0n) is 12.7. The lowest BCUT2D eigenvalue weighted by molar-refractivity contribution is -0.0452. The van der Waals surface area contributed by atoms with Crippen LogP contribution in [0.3, 0.4) is 0 Å². The van der Waals surface area contributed by atoms with Gasteiger partial charge in [0, 0.05) is 41.8 Å². The largest absolute Gasteiger partial charge is 0.444 e. The Balaban J connectivity index is 1.50. The van der Waals surface area contributed by atoms with Crippen LogP contribution in [-0.4, -0.2) is 42.8 Å². The molecule has 2 fully saturated rings. The minimum absolute atomic E-state index is 0.185. The van der Waals surface area contributed by atoms with Crippen LogP contribution in [0.2, 0.25) is 0 Å². The number of halogens is 1. The summed E-state index contributed by atoms with van der Waals surface area (Å²) in [5.41, 5.74) is 1.12. The molecule has 1 amide bonds. The zero-order valence-corrected chi connectivity index (χ0v) is 14.3. The summed E-state index contributed by atoms with van der Waals surface area (Å²) in [7, 11) is 0. The maximum Gasteiger partial charge on any atom is 0.410 e. The van der Waals surface area contributed by atoms with Gasteiger partial charge in [0.05, 0.1) is 0 Å². The van der Waals surface area contributed by atoms with Gasteiger partial charge in [0.25, 0.3) is 0 Å². The van der Waals surface area contributed by atoms with Gasteiger partial charge in [0.15, 0.2) is 0 Å². The molecule has 0 N–H and O–H groups in total. The average Bonchev–Trinajstić information content (AvgIpc) is 2.25. The van der Waals surface area contributed by atoms with Crippen LogP contribution in [0, 0.1) is 5.41 Å². The van der Waals surface area contributed by atoms with E-state index in [2.05, 4.69) is 45.1 Å². The van der Waals surface area contributed by atoms with Gasteiger partial charge in [-0.05, 0) is 45.0 Å². The number of carbonyl (C=O) groups excluding carboxylic acids is 1. The molecule has 3 rings (SSSR count). The molecule has 0 radical (unpaired) electrons. The second-order valence-electron chi connectivity index (χ2n) is 7.17. The van der Waals surface area contributed by atoms with Crippen molar-refractivity contribution in [2.24, 2.45) is 5.41 Å². The first-order valence-electron chi connectivity index (χ1n) is 7.25. The third-order valence-electron chi connectivity index (χ3n) is 3.95. The highest BCUT2D eigenvalue weighted by Crippen LogP contribution is 2.42. The molecule has 2 heterocycles. The van der Waals surface area contributed by atoms with Crippen molar-refractivity contribution >= 4 is 27.7 Å². The van der Waals surface area contributed by atoms with Crippen LogP contribution in [0.15, 0.2) is 28.7 Å². The lowest BCUT2D eigenvalue weighted by atomic mass is 9.73. The number of likely N-dealkylation sites (tertiary alicyclic amines) is 1. The first-order valence-corrected chi connectivity index (χ1v) is 8.04. The van der Waals surface area contributed by atoms with Crippen molar-refractivity contribution in [2.45, 2.75) is 26.4 Å². The molecule has 1 aromatic rings. The molecule has 1 spiro atoms. The second-order valence-corrected chi connectivity index (χ2v) is 8.08. The number of nitrogens with zero attached hydrogens (tertiary/aromatic N) is 2. The van der Waals surface area contributed by atoms with Crippen molar-refractivity contribution in [1.29, 1.82) is 0 Å². The summed E-state index contributed by atoms with van der Waals surface area (Å²) in [6.45, 7) is 9.38. The summed E-state index contributed by atoms with van der Waals surface area (Å²) >= 11 is 3.45. The minimum atomic E-state index is -0.414. The SMILES string of the molecule is CC(C)(C)OC(=O)N1CC2(C1)CN(c1ccc(Br)cc1)C2. The van der Waals surface area contributed by atoms with Crippen LogP contribution in [-0.2, 0) is 4.74 Å². The lowest BCUT2D eigenvalue weighted by Crippen LogP contribution is -2.73. The van der Waals surface area contributed by atoms with Gasteiger partial charge in [0.2, 0.25) is 0 Å². The van der Waals surface area contributed by atoms with E-state index in [0.29, 0.717) is 0 Å². The maximum atomic E-state index is 11.9. The Bertz CT molecular complexity index is 536. The van der Waals surface area contributed by atoms with E-state index in [1.54, 1.807) is 0 Å². The molecule has 5 heteroatoms. The van der Waals surface area contributed by atoms with E-state index in [1.165, 1.54) is 5.69 Å². The Hall–Kier alpha value is -1.23. The maximum absolute atomic E-state index is 11.9. The van der Waals surface area contributed by atoms with Gasteiger partial charge >= 0.3 is 6.09 Å². The average molecular weight is 353 g/mol. The lowest BCUT2D eigenvalue weighted by Gasteiger charge is -2.60. The Kier molecular flexibility index (Phi) is 3.43. The van der Waals surface area contributed by atoms with Gasteiger partial charge in [0.1, 0.15) is 5.60 Å². The number of amides is 1. The Morgan fingerprint density at radius 1 is 1.14 bits per heavy atom. The van der Waals surface area contributed by atoms with Gasteiger partial charge in [-0.3, -0.25) is 0 Å². The van der Waals surface area contributed by atoms with Crippen molar-refractivity contribution in [3.05, 3.63) is 28.7 Å². The number of hydrogen-bond acceptors (Lipinski definition) is 3. The standard InChI is InChI=1S/C16H21BrN2O2/c1-15(2,3)21-14(20)19-10-16(11-19)8-18(9-16)13-6-4-12(17)5-7-13/h4-7H,8-11H2,1-3H3. The third kappa shape index (κ3) is 3.03. The summed E-state index contributed by atoms with van der Waals surface area (Å²) in [5.74, 6) is 0. The molecule has 0 saturated carbocycles. The van der Waals surface area contributed by atoms with E-state index in [0.717, 1.165) is 30.7 Å². The van der Waals surface area contributed by atoms with Crippen molar-refractivity contribution in [1.82, 2.24) is 4.90 Å². The number of anilines is 1. The van der Waals surface area contributed by atoms with Crippen molar-refractivity contribution in [2.75, 3.05) is 31.1 Å². The fourth-order valence-electron chi connectivity index (χ4n) is 3.02. The molecular weight excluding hydrogens is 332 g/mol. The molecule has 1 aromatic carbocycles. The van der Waals surface area contributed by atoms with E-state index in [9.17, 15) is 4.79 Å². The van der Waals surface area contributed by atoms with Crippen molar-refractivity contribution in [3.63, 3.8) is 0 Å². The summed E-state index contributed by atoms with van der Waals surface area (Å²) in [5, 5.41) is 0. The molecule has 4 nitrogen and oxygen atoms in total. The van der Waals surface area contributed by atoms with Crippen LogP contribution in [0.25, 0.3) is 0 Å². The number of carbonyl (C=O) groups is 1. The molecule has 0 bridgehead atoms. The van der Waals surface area contributed by atoms with E-state index in [4.69, 9.17) is 4.74 Å². The normalized spacial score (nSPS) is 20.0. The molecule has 114 valence electrons. The zero-order chi connectivity index (χ0) is 15.3. The number of rotatable bonds is 1. The summed E-state index contributed by atoms with van der Waals surface area (Å²) < 4.78 is 6.49. The predicted octanol–water partition coefficient (Wildman–Crippen LogP) is 3.51. The topological polar surface area (TPSA) is 32.8 Å². The van der Waals surface area contributed by atoms with Gasteiger partial charge in [-0.1, -0.05) is 15.9 Å². The van der Waals surface area contributed by atoms with E-state index in [-0.39, 0.29) is 11.5 Å². The molecule has 2 saturated heterocycles. The number of benzene rings is 1. The van der Waals surface area contributed by atoms with Crippen LogP contribution >= 0.6 is 15.9 Å². The van der Waals surface area contributed by atoms with Crippen LogP contribution in [0.4, 0.5) is 10.5 Å². The van der Waals surface area contributed by atoms with Gasteiger partial charge < -0.3 is 14.5 Å². The Morgan fingerprint density at radius 3 is 2.24 bits per heavy atom. The van der Waals surface area contributed by atoms with Crippen LogP contribution in [0.5, 0.6) is 0 Å². The number of ether oxygens (including phenoxy) is 1. The smallest absolute Gasteiger partial charge is 0.410 e. The fraction of sp³-hybridized carbons (Fsp3) is 0.562. The van der Waals surface area contributed by atoms with Crippen molar-refractivity contribution in [3.8, 4) is 0 Å². The Morgan fingerprint density at radius 2 is 1.71 bits per heavy atom. The number of hydrogen-bond donors (Lipinski definition) is 0. The molecule has 0 atom stereocenters. The van der Waals surface area contributed by atoms with Gasteiger partial charge in [-0.2, -0.15) is 0 Å². The predicted molar refractivity (Wildman–Crippen MR) is 86.6 cm³/mol. The third-order valence-corrected chi connectivity index (χ3v) is 4.48. The van der Waals surface area contributed by atoms with Gasteiger partial charge in [-0.25, -0.2) is 4.79 Å². The first kappa shape index (κ1) is 14.7. The minimum Gasteiger partial charge on any atom is -0.444 e. The monoisotopic (exact) mass is 352 g/mol. The summed E-state index contributed by atoms with van der Waals surface area (Å²) in [4.78, 5) is 16.1. The molecule has 2 aliphatic rings. The molecule has 0 aromatic heterocycles. The molecule has 21 heavy (non-hydrogen) atoms. The van der Waals surface area contributed by atoms with E-state index >= 15 is 0 Å². The highest BCUT2D eigenvalue weighted by molar-refractivity contribution is 9.10. The molecule has 0 aliphatic carbocycles. The van der Waals surface area contributed by atoms with E-state index in [1.807, 2.05) is 25.7 Å². The van der Waals surface area contributed by atoms with Crippen LogP contribution < -0.4 is 4.90 Å². The van der Waals surface area contributed by atoms with Gasteiger partial charge in [-0.15, -0.1) is 0 Å². The van der Waals surface area contributed by atoms with Crippen molar-refractivity contribution < 1.29 is 9.53 Å². The highest BCUT2D eigenvalue weighted by Gasteiger charge is 2.54. The first-order chi connectivity index (χ1) is 9.76. The Labute approximate surface area is 134 Å². The molecular formula is C16H21BrN2O2. The highest BCUT2D eigenvalue weighted by atomic mass is 79.9. The summed E-state index contributed by atoms with van der Waals surface area (Å²) in [6, 6.07) is 8.38. The quantitative estimate of drug-likeness (QED) is 0.775. The molecule has 2 aliphatic heterocycles. The van der Waals surface area contributed by atoms with Crippen LogP contribution in [0.1, 0.15) is 20.8 Å². The fourth-order valence-corrected chi connectivity index (χ4v) is 3.28. The second kappa shape index (κ2) is 4.90. The summed E-state index contributed by atoms with van der Waals surface area (Å²) in [6.07, 6.45) is -0.185.